The number of carbonyl (C=O) groups is 1. The smallest absolute Gasteiger partial charge is 0.159 e. The van der Waals surface area contributed by atoms with Crippen LogP contribution in [0.2, 0.25) is 0 Å². The van der Waals surface area contributed by atoms with Crippen molar-refractivity contribution in [3.05, 3.63) is 123 Å². The summed E-state index contributed by atoms with van der Waals surface area (Å²) in [5.41, 5.74) is 8.42. The minimum absolute atomic E-state index is 0.0597. The van der Waals surface area contributed by atoms with Gasteiger partial charge in [0.1, 0.15) is 12.4 Å². The van der Waals surface area contributed by atoms with E-state index in [1.807, 2.05) is 52.0 Å². The molecule has 0 aliphatic carbocycles. The zero-order valence-corrected chi connectivity index (χ0v) is 28.4. The molecule has 0 unspecified atom stereocenters. The Labute approximate surface area is 257 Å². The Bertz CT molecular complexity index is 1170. The maximum absolute atomic E-state index is 11.4. The molecule has 0 N–H and O–H groups in total. The van der Waals surface area contributed by atoms with Crippen LogP contribution < -0.4 is 4.74 Å². The maximum atomic E-state index is 11.4. The molecule has 2 nitrogen and oxygen atoms in total. The van der Waals surface area contributed by atoms with Gasteiger partial charge < -0.3 is 4.74 Å². The highest BCUT2D eigenvalue weighted by Crippen LogP contribution is 2.19. The van der Waals surface area contributed by atoms with E-state index in [4.69, 9.17) is 16.3 Å². The van der Waals surface area contributed by atoms with Crippen LogP contribution >= 0.6 is 11.6 Å². The first-order valence-electron chi connectivity index (χ1n) is 14.7. The van der Waals surface area contributed by atoms with Crippen molar-refractivity contribution in [1.29, 1.82) is 0 Å². The Morgan fingerprint density at radius 3 is 1.73 bits per heavy atom. The van der Waals surface area contributed by atoms with Crippen LogP contribution in [0.25, 0.3) is 0 Å². The third-order valence-electron chi connectivity index (χ3n) is 5.75. The van der Waals surface area contributed by atoms with Gasteiger partial charge in [0.05, 0.1) is 0 Å². The first-order chi connectivity index (χ1) is 19.4. The summed E-state index contributed by atoms with van der Waals surface area (Å²) in [6.07, 6.45) is 5.92. The Morgan fingerprint density at radius 2 is 1.32 bits per heavy atom. The third kappa shape index (κ3) is 21.3. The number of ketones is 1. The molecule has 0 fully saturated rings. The highest BCUT2D eigenvalue weighted by atomic mass is 35.5. The molecule has 3 heteroatoms. The van der Waals surface area contributed by atoms with Gasteiger partial charge in [0.2, 0.25) is 0 Å². The zero-order chi connectivity index (χ0) is 31.8. The van der Waals surface area contributed by atoms with E-state index < -0.39 is 0 Å². The van der Waals surface area contributed by atoms with Crippen LogP contribution in [0.1, 0.15) is 106 Å². The van der Waals surface area contributed by atoms with E-state index in [0.717, 1.165) is 16.9 Å². The van der Waals surface area contributed by atoms with Crippen LogP contribution in [0.15, 0.2) is 90.0 Å². The van der Waals surface area contributed by atoms with Crippen LogP contribution in [0.3, 0.4) is 0 Å². The number of benzene rings is 3. The molecule has 0 bridgehead atoms. The lowest BCUT2D eigenvalue weighted by molar-refractivity contribution is 0.101. The largest absolute Gasteiger partial charge is 0.489 e. The number of unbranched alkanes of at least 4 members (excludes halogenated alkanes) is 1. The minimum atomic E-state index is 0.0597. The Morgan fingerprint density at radius 1 is 0.854 bits per heavy atom. The average Bonchev–Trinajstić information content (AvgIpc) is 2.93. The molecule has 0 amide bonds. The first kappa shape index (κ1) is 40.0. The fourth-order valence-corrected chi connectivity index (χ4v) is 3.23. The molecule has 0 atom stereocenters. The SMILES string of the molecule is C=C(C)Cl.CC.CC(=O)c1cc(C)cc(OCc2ccccc2C)c1.CC=C(C)C.CCCCc1ccccc1C. The van der Waals surface area contributed by atoms with Gasteiger partial charge in [-0.3, -0.25) is 4.79 Å². The summed E-state index contributed by atoms with van der Waals surface area (Å²) in [6.45, 7) is 25.8. The molecule has 41 heavy (non-hydrogen) atoms. The quantitative estimate of drug-likeness (QED) is 0.206. The molecule has 3 aromatic rings. The number of Topliss-reactive ketones (excluding diaryl/α,β-unsaturated/α-hetero) is 1. The molecule has 0 saturated heterocycles. The van der Waals surface area contributed by atoms with Crippen molar-refractivity contribution in [2.24, 2.45) is 0 Å². The Kier molecular flexibility index (Phi) is 24.1. The van der Waals surface area contributed by atoms with E-state index in [1.165, 1.54) is 41.5 Å². The van der Waals surface area contributed by atoms with Gasteiger partial charge in [-0.1, -0.05) is 106 Å². The fourth-order valence-electron chi connectivity index (χ4n) is 3.23. The Balaban J connectivity index is 0. The second-order valence-electron chi connectivity index (χ2n) is 9.88. The molecule has 0 saturated carbocycles. The Hall–Kier alpha value is -3.10. The summed E-state index contributed by atoms with van der Waals surface area (Å²) in [4.78, 5) is 11.4. The van der Waals surface area contributed by atoms with Crippen molar-refractivity contribution < 1.29 is 9.53 Å². The van der Waals surface area contributed by atoms with Gasteiger partial charge in [-0.15, -0.1) is 0 Å². The topological polar surface area (TPSA) is 26.3 Å². The number of ether oxygens (including phenoxy) is 1. The fraction of sp³-hybridized carbons (Fsp3) is 0.395. The average molecular weight is 579 g/mol. The van der Waals surface area contributed by atoms with Gasteiger partial charge in [0, 0.05) is 10.6 Å². The molecular weight excluding hydrogens is 524 g/mol. The van der Waals surface area contributed by atoms with Crippen LogP contribution in [-0.2, 0) is 13.0 Å². The zero-order valence-electron chi connectivity index (χ0n) is 27.7. The van der Waals surface area contributed by atoms with Crippen molar-refractivity contribution in [2.45, 2.75) is 102 Å². The van der Waals surface area contributed by atoms with Gasteiger partial charge in [-0.2, -0.15) is 0 Å². The first-order valence-corrected chi connectivity index (χ1v) is 15.0. The van der Waals surface area contributed by atoms with Crippen LogP contribution in [-0.4, -0.2) is 5.78 Å². The predicted molar refractivity (Wildman–Crippen MR) is 184 cm³/mol. The lowest BCUT2D eigenvalue weighted by Gasteiger charge is -2.10. The second-order valence-corrected chi connectivity index (χ2v) is 10.5. The van der Waals surface area contributed by atoms with Gasteiger partial charge >= 0.3 is 0 Å². The molecule has 0 radical (unpaired) electrons. The number of hydrogen-bond donors (Lipinski definition) is 0. The summed E-state index contributed by atoms with van der Waals surface area (Å²) in [5, 5.41) is 0.639. The van der Waals surface area contributed by atoms with Crippen molar-refractivity contribution in [1.82, 2.24) is 0 Å². The van der Waals surface area contributed by atoms with E-state index in [-0.39, 0.29) is 5.78 Å². The molecule has 0 aromatic heterocycles. The van der Waals surface area contributed by atoms with Gasteiger partial charge in [0.15, 0.2) is 5.78 Å². The van der Waals surface area contributed by atoms with Gasteiger partial charge in [0.25, 0.3) is 0 Å². The molecule has 226 valence electrons. The highest BCUT2D eigenvalue weighted by molar-refractivity contribution is 6.28. The van der Waals surface area contributed by atoms with Crippen LogP contribution in [0.5, 0.6) is 5.75 Å². The van der Waals surface area contributed by atoms with Gasteiger partial charge in [-0.05, 0) is 114 Å². The number of carbonyl (C=O) groups excluding carboxylic acids is 1. The normalized spacial score (nSPS) is 9.07. The van der Waals surface area contributed by atoms with E-state index in [2.05, 4.69) is 83.7 Å². The molecular formula is C38H55ClO2. The summed E-state index contributed by atoms with van der Waals surface area (Å²) in [6, 6.07) is 22.4. The van der Waals surface area contributed by atoms with Gasteiger partial charge in [-0.25, -0.2) is 0 Å². The van der Waals surface area contributed by atoms with E-state index in [0.29, 0.717) is 17.2 Å². The minimum Gasteiger partial charge on any atom is -0.489 e. The summed E-state index contributed by atoms with van der Waals surface area (Å²) < 4.78 is 5.79. The lowest BCUT2D eigenvalue weighted by Crippen LogP contribution is -2.00. The molecule has 0 aliphatic rings. The summed E-state index contributed by atoms with van der Waals surface area (Å²) in [5.74, 6) is 0.804. The highest BCUT2D eigenvalue weighted by Gasteiger charge is 2.05. The lowest BCUT2D eigenvalue weighted by atomic mass is 10.0. The molecule has 0 aliphatic heterocycles. The maximum Gasteiger partial charge on any atom is 0.159 e. The van der Waals surface area contributed by atoms with Crippen molar-refractivity contribution in [3.8, 4) is 5.75 Å². The van der Waals surface area contributed by atoms with Crippen LogP contribution in [0.4, 0.5) is 0 Å². The van der Waals surface area contributed by atoms with Crippen LogP contribution in [0, 0.1) is 20.8 Å². The predicted octanol–water partition coefficient (Wildman–Crippen LogP) is 12.2. The number of aryl methyl sites for hydroxylation is 4. The molecule has 0 spiro atoms. The summed E-state index contributed by atoms with van der Waals surface area (Å²) in [7, 11) is 0. The number of rotatable bonds is 7. The number of hydrogen-bond acceptors (Lipinski definition) is 2. The molecule has 3 rings (SSSR count). The van der Waals surface area contributed by atoms with Crippen molar-refractivity contribution in [2.75, 3.05) is 0 Å². The number of allylic oxidation sites excluding steroid dienone is 3. The molecule has 0 heterocycles. The van der Waals surface area contributed by atoms with E-state index >= 15 is 0 Å². The van der Waals surface area contributed by atoms with Crippen molar-refractivity contribution in [3.63, 3.8) is 0 Å². The monoisotopic (exact) mass is 578 g/mol. The van der Waals surface area contributed by atoms with Crippen molar-refractivity contribution >= 4 is 17.4 Å². The van der Waals surface area contributed by atoms with E-state index in [1.54, 1.807) is 19.9 Å². The van der Waals surface area contributed by atoms with E-state index in [9.17, 15) is 4.79 Å². The standard InChI is InChI=1S/C17H18O2.C11H16.C5H10.C3H5Cl.C2H6/c1-12-8-16(14(3)18)10-17(9-12)19-11-15-7-5-4-6-13(15)2;1-3-4-8-11-9-6-5-7-10(11)2;1-4-5(2)3;1-3(2)4;1-2/h4-10H,11H2,1-3H3;5-7,9H,3-4,8H2,1-2H3;4H,1-3H3;1H2,2H3;1-2H3. The summed E-state index contributed by atoms with van der Waals surface area (Å²) >= 11 is 5.08. The number of halogens is 1. The molecule has 3 aromatic carbocycles. The second kappa shape index (κ2) is 24.7. The third-order valence-corrected chi connectivity index (χ3v) is 5.75.